The molecular weight excluding hydrogens is 508 g/mol. The number of hydrogen-bond acceptors (Lipinski definition) is 9. The van der Waals surface area contributed by atoms with Crippen molar-refractivity contribution in [3.63, 3.8) is 0 Å². The molecule has 0 aromatic heterocycles. The first-order valence-electron chi connectivity index (χ1n) is 12.2. The number of carbonyl (C=O) groups is 3. The Morgan fingerprint density at radius 1 is 0.684 bits per heavy atom. The summed E-state index contributed by atoms with van der Waals surface area (Å²) in [5, 5.41) is 10.2. The van der Waals surface area contributed by atoms with Crippen LogP contribution in [0.3, 0.4) is 0 Å². The largest absolute Gasteiger partial charge is 0.452 e. The number of benzene rings is 3. The van der Waals surface area contributed by atoms with Gasteiger partial charge in [-0.25, -0.2) is 14.4 Å². The molecule has 1 heterocycles. The van der Waals surface area contributed by atoms with E-state index >= 15 is 0 Å². The van der Waals surface area contributed by atoms with Crippen LogP contribution in [0.15, 0.2) is 91.0 Å². The van der Waals surface area contributed by atoms with E-state index in [0.717, 1.165) is 0 Å². The minimum Gasteiger partial charge on any atom is -0.452 e. The highest BCUT2D eigenvalue weighted by Gasteiger charge is 2.52. The molecule has 0 amide bonds. The molecule has 198 valence electrons. The number of hydrogen-bond donors (Lipinski definition) is 1. The summed E-state index contributed by atoms with van der Waals surface area (Å²) in [5.41, 5.74) is 0.0220. The molecular formula is C29H28O8S. The monoisotopic (exact) mass is 536 g/mol. The summed E-state index contributed by atoms with van der Waals surface area (Å²) >= 11 is 1.32. The van der Waals surface area contributed by atoms with Crippen LogP contribution in [0.1, 0.15) is 38.0 Å². The first-order valence-corrected chi connectivity index (χ1v) is 13.2. The molecule has 0 radical (unpaired) electrons. The van der Waals surface area contributed by atoms with Crippen molar-refractivity contribution in [2.24, 2.45) is 0 Å². The van der Waals surface area contributed by atoms with Gasteiger partial charge in [-0.2, -0.15) is 0 Å². The Kier molecular flexibility index (Phi) is 9.53. The van der Waals surface area contributed by atoms with Gasteiger partial charge in [0, 0.05) is 0 Å². The van der Waals surface area contributed by atoms with Crippen LogP contribution in [0.5, 0.6) is 0 Å². The molecule has 0 bridgehead atoms. The van der Waals surface area contributed by atoms with Crippen molar-refractivity contribution in [3.8, 4) is 0 Å². The summed E-state index contributed by atoms with van der Waals surface area (Å²) in [6, 6.07) is 24.9. The van der Waals surface area contributed by atoms with E-state index < -0.39 is 54.4 Å². The van der Waals surface area contributed by atoms with Crippen LogP contribution >= 0.6 is 11.8 Å². The van der Waals surface area contributed by atoms with Crippen LogP contribution in [0.25, 0.3) is 0 Å². The van der Waals surface area contributed by atoms with Gasteiger partial charge in [0.2, 0.25) is 0 Å². The molecule has 1 aliphatic rings. The lowest BCUT2D eigenvalue weighted by molar-refractivity contribution is -0.207. The van der Waals surface area contributed by atoms with Crippen LogP contribution in [-0.2, 0) is 18.9 Å². The smallest absolute Gasteiger partial charge is 0.338 e. The van der Waals surface area contributed by atoms with Crippen molar-refractivity contribution >= 4 is 29.7 Å². The highest BCUT2D eigenvalue weighted by Crippen LogP contribution is 2.35. The quantitative estimate of drug-likeness (QED) is 0.319. The van der Waals surface area contributed by atoms with Crippen molar-refractivity contribution in [2.75, 3.05) is 12.4 Å². The number of aliphatic hydroxyl groups is 1. The normalized spacial score (nSPS) is 22.7. The van der Waals surface area contributed by atoms with E-state index in [2.05, 4.69) is 0 Å². The zero-order valence-corrected chi connectivity index (χ0v) is 21.5. The molecule has 3 aromatic rings. The van der Waals surface area contributed by atoms with Crippen LogP contribution in [-0.4, -0.2) is 65.2 Å². The van der Waals surface area contributed by atoms with Crippen LogP contribution in [0.4, 0.5) is 0 Å². The molecule has 1 fully saturated rings. The fourth-order valence-electron chi connectivity index (χ4n) is 4.02. The van der Waals surface area contributed by atoms with Gasteiger partial charge in [0.05, 0.1) is 23.3 Å². The highest BCUT2D eigenvalue weighted by molar-refractivity contribution is 7.99. The molecule has 1 aliphatic heterocycles. The Balaban J connectivity index is 1.70. The molecule has 38 heavy (non-hydrogen) atoms. The first-order chi connectivity index (χ1) is 18.5. The van der Waals surface area contributed by atoms with Gasteiger partial charge in [0.1, 0.15) is 11.5 Å². The van der Waals surface area contributed by atoms with Crippen molar-refractivity contribution in [3.05, 3.63) is 108 Å². The third kappa shape index (κ3) is 6.61. The van der Waals surface area contributed by atoms with Crippen LogP contribution < -0.4 is 0 Å². The van der Waals surface area contributed by atoms with Gasteiger partial charge in [-0.15, -0.1) is 11.8 Å². The van der Waals surface area contributed by atoms with Crippen molar-refractivity contribution < 1.29 is 38.4 Å². The zero-order chi connectivity index (χ0) is 26.9. The lowest BCUT2D eigenvalue weighted by Crippen LogP contribution is -2.61. The molecule has 4 rings (SSSR count). The number of rotatable bonds is 9. The molecule has 1 N–H and O–H groups in total. The van der Waals surface area contributed by atoms with Gasteiger partial charge in [-0.3, -0.25) is 0 Å². The SMILES string of the molecule is CCSC1OC(CO)C(OC(=O)c2ccccc2)C(OC(=O)c2ccccc2)C1OC(=O)c1ccccc1. The fourth-order valence-corrected chi connectivity index (χ4v) is 4.97. The van der Waals surface area contributed by atoms with Gasteiger partial charge in [-0.05, 0) is 42.2 Å². The lowest BCUT2D eigenvalue weighted by Gasteiger charge is -2.44. The summed E-state index contributed by atoms with van der Waals surface area (Å²) in [6.45, 7) is 1.37. The molecule has 9 heteroatoms. The van der Waals surface area contributed by atoms with Gasteiger partial charge >= 0.3 is 17.9 Å². The molecule has 3 aromatic carbocycles. The maximum Gasteiger partial charge on any atom is 0.338 e. The lowest BCUT2D eigenvalue weighted by atomic mass is 9.98. The number of carbonyl (C=O) groups excluding carboxylic acids is 3. The van der Waals surface area contributed by atoms with E-state index in [9.17, 15) is 19.5 Å². The van der Waals surface area contributed by atoms with E-state index in [0.29, 0.717) is 11.3 Å². The highest BCUT2D eigenvalue weighted by atomic mass is 32.2. The predicted molar refractivity (Wildman–Crippen MR) is 141 cm³/mol. The van der Waals surface area contributed by atoms with Crippen LogP contribution in [0.2, 0.25) is 0 Å². The van der Waals surface area contributed by atoms with Gasteiger partial charge < -0.3 is 24.1 Å². The summed E-state index contributed by atoms with van der Waals surface area (Å²) < 4.78 is 23.6. The van der Waals surface area contributed by atoms with Gasteiger partial charge in [-0.1, -0.05) is 61.5 Å². The second kappa shape index (κ2) is 13.2. The summed E-state index contributed by atoms with van der Waals surface area (Å²) in [6.07, 6.45) is -4.70. The second-order valence-corrected chi connectivity index (χ2v) is 9.76. The Morgan fingerprint density at radius 3 is 1.47 bits per heavy atom. The van der Waals surface area contributed by atoms with Crippen molar-refractivity contribution in [1.82, 2.24) is 0 Å². The minimum absolute atomic E-state index is 0.264. The maximum atomic E-state index is 13.2. The summed E-state index contributed by atoms with van der Waals surface area (Å²) in [4.78, 5) is 39.3. The van der Waals surface area contributed by atoms with Gasteiger partial charge in [0.15, 0.2) is 18.3 Å². The third-order valence-corrected chi connectivity index (χ3v) is 6.90. The zero-order valence-electron chi connectivity index (χ0n) is 20.7. The van der Waals surface area contributed by atoms with E-state index in [-0.39, 0.29) is 11.1 Å². The topological polar surface area (TPSA) is 108 Å². The standard InChI is InChI=1S/C29H28O8S/c1-2-38-29-25(37-28(33)21-16-10-5-11-17-21)24(36-27(32)20-14-8-4-9-15-20)23(22(18-30)34-29)35-26(31)19-12-6-3-7-13-19/h3-17,22-25,29-30H,2,18H2,1H3. The van der Waals surface area contributed by atoms with Crippen molar-refractivity contribution in [1.29, 1.82) is 0 Å². The molecule has 0 aliphatic carbocycles. The molecule has 0 spiro atoms. The Bertz CT molecular complexity index is 1210. The Labute approximate surface area is 224 Å². The molecule has 1 saturated heterocycles. The van der Waals surface area contributed by atoms with Gasteiger partial charge in [0.25, 0.3) is 0 Å². The Hall–Kier alpha value is -3.66. The summed E-state index contributed by atoms with van der Waals surface area (Å²) in [5.74, 6) is -1.47. The number of esters is 3. The number of aliphatic hydroxyl groups excluding tert-OH is 1. The number of thioether (sulfide) groups is 1. The predicted octanol–water partition coefficient (Wildman–Crippen LogP) is 4.13. The van der Waals surface area contributed by atoms with E-state index in [1.165, 1.54) is 11.8 Å². The average Bonchev–Trinajstić information content (AvgIpc) is 2.97. The summed E-state index contributed by atoms with van der Waals surface area (Å²) in [7, 11) is 0. The minimum atomic E-state index is -1.27. The molecule has 0 saturated carbocycles. The fraction of sp³-hybridized carbons (Fsp3) is 0.276. The second-order valence-electron chi connectivity index (χ2n) is 8.39. The first kappa shape index (κ1) is 27.4. The Morgan fingerprint density at radius 2 is 1.08 bits per heavy atom. The third-order valence-electron chi connectivity index (χ3n) is 5.86. The maximum absolute atomic E-state index is 13.2. The van der Waals surface area contributed by atoms with E-state index in [1.807, 2.05) is 6.92 Å². The van der Waals surface area contributed by atoms with Crippen molar-refractivity contribution in [2.45, 2.75) is 36.8 Å². The average molecular weight is 537 g/mol. The molecule has 5 atom stereocenters. The molecule has 8 nitrogen and oxygen atoms in total. The van der Waals surface area contributed by atoms with E-state index in [4.69, 9.17) is 18.9 Å². The molecule has 5 unspecified atom stereocenters. The number of ether oxygens (including phenoxy) is 4. The van der Waals surface area contributed by atoms with Crippen LogP contribution in [0, 0.1) is 0 Å². The van der Waals surface area contributed by atoms with E-state index in [1.54, 1.807) is 91.0 Å².